The summed E-state index contributed by atoms with van der Waals surface area (Å²) in [5.74, 6) is 5.07. The van der Waals surface area contributed by atoms with E-state index in [2.05, 4.69) is 21.8 Å². The molecule has 0 aliphatic heterocycles. The molecular formula is C8H7N3O2. The fraction of sp³-hybridized carbons (Fsp3) is 0.125. The van der Waals surface area contributed by atoms with Gasteiger partial charge >= 0.3 is 0 Å². The predicted molar refractivity (Wildman–Crippen MR) is 45.9 cm³/mol. The summed E-state index contributed by atoms with van der Waals surface area (Å²) in [7, 11) is 1.43. The van der Waals surface area contributed by atoms with Crippen molar-refractivity contribution in [2.75, 3.05) is 12.8 Å². The van der Waals surface area contributed by atoms with Crippen LogP contribution in [0.1, 0.15) is 5.69 Å². The Labute approximate surface area is 74.9 Å². The zero-order valence-corrected chi connectivity index (χ0v) is 6.94. The summed E-state index contributed by atoms with van der Waals surface area (Å²) >= 11 is 0. The second-order valence-corrected chi connectivity index (χ2v) is 2.04. The number of nitrogens with zero attached hydrogens (tertiary/aromatic N) is 2. The highest BCUT2D eigenvalue weighted by atomic mass is 16.5. The number of nitrogens with two attached hydrogens (primary N) is 1. The van der Waals surface area contributed by atoms with Crippen LogP contribution in [-0.4, -0.2) is 23.4 Å². The molecule has 0 spiro atoms. The Kier molecular flexibility index (Phi) is 2.82. The third-order valence-electron chi connectivity index (χ3n) is 1.22. The first-order chi connectivity index (χ1) is 6.27. The van der Waals surface area contributed by atoms with E-state index in [0.717, 1.165) is 0 Å². The highest BCUT2D eigenvalue weighted by Crippen LogP contribution is 2.13. The molecule has 0 saturated heterocycles. The van der Waals surface area contributed by atoms with Crippen LogP contribution in [0.5, 0.6) is 5.88 Å². The van der Waals surface area contributed by atoms with E-state index in [4.69, 9.17) is 10.5 Å². The molecule has 1 heterocycles. The zero-order chi connectivity index (χ0) is 9.68. The Morgan fingerprint density at radius 2 is 2.46 bits per heavy atom. The van der Waals surface area contributed by atoms with Crippen LogP contribution < -0.4 is 10.5 Å². The molecule has 5 nitrogen and oxygen atoms in total. The minimum absolute atomic E-state index is 0.194. The molecule has 0 unspecified atom stereocenters. The molecule has 13 heavy (non-hydrogen) atoms. The van der Waals surface area contributed by atoms with Crippen molar-refractivity contribution in [3.05, 3.63) is 11.9 Å². The third kappa shape index (κ3) is 2.17. The normalized spacial score (nSPS) is 8.38. The fourth-order valence-corrected chi connectivity index (χ4v) is 0.695. The number of aromatic nitrogens is 2. The summed E-state index contributed by atoms with van der Waals surface area (Å²) < 4.78 is 4.81. The van der Waals surface area contributed by atoms with Crippen LogP contribution in [0.4, 0.5) is 5.82 Å². The number of anilines is 1. The number of carbonyl (C=O) groups excluding carboxylic acids is 1. The molecule has 0 bridgehead atoms. The molecule has 66 valence electrons. The van der Waals surface area contributed by atoms with E-state index in [1.807, 2.05) is 0 Å². The lowest BCUT2D eigenvalue weighted by atomic mass is 10.4. The number of methoxy groups -OCH3 is 1. The first-order valence-electron chi connectivity index (χ1n) is 3.39. The van der Waals surface area contributed by atoms with E-state index in [1.165, 1.54) is 13.3 Å². The zero-order valence-electron chi connectivity index (χ0n) is 6.94. The lowest BCUT2D eigenvalue weighted by Gasteiger charge is -2.00. The van der Waals surface area contributed by atoms with Gasteiger partial charge < -0.3 is 10.5 Å². The van der Waals surface area contributed by atoms with Crippen molar-refractivity contribution < 1.29 is 9.53 Å². The Morgan fingerprint density at radius 1 is 1.69 bits per heavy atom. The predicted octanol–water partition coefficient (Wildman–Crippen LogP) is -0.382. The van der Waals surface area contributed by atoms with Gasteiger partial charge in [0.1, 0.15) is 5.69 Å². The number of rotatable bonds is 1. The van der Waals surface area contributed by atoms with E-state index in [0.29, 0.717) is 12.0 Å². The highest BCUT2D eigenvalue weighted by Gasteiger charge is 2.01. The van der Waals surface area contributed by atoms with Gasteiger partial charge in [-0.25, -0.2) is 4.98 Å². The van der Waals surface area contributed by atoms with Crippen molar-refractivity contribution in [2.24, 2.45) is 0 Å². The third-order valence-corrected chi connectivity index (χ3v) is 1.22. The van der Waals surface area contributed by atoms with E-state index in [-0.39, 0.29) is 11.7 Å². The Hall–Kier alpha value is -2.09. The molecule has 0 aliphatic rings. The second kappa shape index (κ2) is 4.07. The first-order valence-corrected chi connectivity index (χ1v) is 3.39. The summed E-state index contributed by atoms with van der Waals surface area (Å²) in [4.78, 5) is 17.6. The maximum atomic E-state index is 9.92. The number of ether oxygens (including phenoxy) is 1. The van der Waals surface area contributed by atoms with Crippen LogP contribution in [0.3, 0.4) is 0 Å². The Balaban J connectivity index is 3.06. The molecule has 0 aliphatic carbocycles. The Morgan fingerprint density at radius 3 is 3.08 bits per heavy atom. The van der Waals surface area contributed by atoms with Gasteiger partial charge in [-0.1, -0.05) is 0 Å². The number of hydrogen-bond donors (Lipinski definition) is 1. The maximum Gasteiger partial charge on any atom is 0.258 e. The summed E-state index contributed by atoms with van der Waals surface area (Å²) in [6, 6.07) is 0. The van der Waals surface area contributed by atoms with Gasteiger partial charge in [-0.05, 0) is 11.8 Å². The largest absolute Gasteiger partial charge is 0.478 e. The fourth-order valence-electron chi connectivity index (χ4n) is 0.695. The molecule has 0 aromatic carbocycles. The molecule has 0 radical (unpaired) electrons. The molecule has 1 aromatic heterocycles. The second-order valence-electron chi connectivity index (χ2n) is 2.04. The van der Waals surface area contributed by atoms with Crippen LogP contribution in [0.25, 0.3) is 0 Å². The maximum absolute atomic E-state index is 9.92. The molecule has 0 saturated carbocycles. The van der Waals surface area contributed by atoms with Gasteiger partial charge in [0.2, 0.25) is 0 Å². The van der Waals surface area contributed by atoms with Crippen molar-refractivity contribution in [1.29, 1.82) is 0 Å². The highest BCUT2D eigenvalue weighted by molar-refractivity contribution is 5.73. The first kappa shape index (κ1) is 9.00. The van der Waals surface area contributed by atoms with Crippen molar-refractivity contribution in [1.82, 2.24) is 9.97 Å². The van der Waals surface area contributed by atoms with Crippen LogP contribution >= 0.6 is 0 Å². The molecule has 0 amide bonds. The van der Waals surface area contributed by atoms with Gasteiger partial charge in [-0.2, -0.15) is 4.98 Å². The summed E-state index contributed by atoms with van der Waals surface area (Å²) in [6.07, 6.45) is 1.85. The number of aldehydes is 1. The van der Waals surface area contributed by atoms with Gasteiger partial charge in [-0.15, -0.1) is 0 Å². The minimum atomic E-state index is 0.194. The van der Waals surface area contributed by atoms with Crippen LogP contribution in [0.15, 0.2) is 6.20 Å². The molecule has 1 rings (SSSR count). The van der Waals surface area contributed by atoms with Gasteiger partial charge in [0, 0.05) is 0 Å². The minimum Gasteiger partial charge on any atom is -0.478 e. The average Bonchev–Trinajstić information content (AvgIpc) is 2.16. The van der Waals surface area contributed by atoms with Crippen LogP contribution in [0, 0.1) is 11.8 Å². The molecule has 5 heteroatoms. The number of nitrogen functional groups attached to an aromatic ring is 1. The van der Waals surface area contributed by atoms with Gasteiger partial charge in [0.25, 0.3) is 5.88 Å². The van der Waals surface area contributed by atoms with E-state index < -0.39 is 0 Å². The monoisotopic (exact) mass is 177 g/mol. The lowest BCUT2D eigenvalue weighted by molar-refractivity contribution is -0.103. The van der Waals surface area contributed by atoms with Crippen molar-refractivity contribution in [3.63, 3.8) is 0 Å². The standard InChI is InChI=1S/C8H7N3O2/c1-13-8-7(9)10-5-6(11-8)3-2-4-12/h4-5H,1H3,(H2,9,10). The van der Waals surface area contributed by atoms with Gasteiger partial charge in [0.05, 0.1) is 13.3 Å². The molecule has 0 fully saturated rings. The van der Waals surface area contributed by atoms with Crippen LogP contribution in [-0.2, 0) is 4.79 Å². The van der Waals surface area contributed by atoms with Crippen molar-refractivity contribution >= 4 is 12.1 Å². The number of hydrogen-bond acceptors (Lipinski definition) is 5. The smallest absolute Gasteiger partial charge is 0.258 e. The van der Waals surface area contributed by atoms with Crippen molar-refractivity contribution in [3.8, 4) is 17.7 Å². The quantitative estimate of drug-likeness (QED) is 0.467. The van der Waals surface area contributed by atoms with E-state index >= 15 is 0 Å². The SMILES string of the molecule is COc1nc(C#CC=O)cnc1N. The topological polar surface area (TPSA) is 78.1 Å². The van der Waals surface area contributed by atoms with Crippen molar-refractivity contribution in [2.45, 2.75) is 0 Å². The molecule has 0 atom stereocenters. The van der Waals surface area contributed by atoms with Gasteiger partial charge in [-0.3, -0.25) is 4.79 Å². The summed E-state index contributed by atoms with van der Waals surface area (Å²) in [5.41, 5.74) is 5.76. The van der Waals surface area contributed by atoms with E-state index in [1.54, 1.807) is 0 Å². The molecule has 2 N–H and O–H groups in total. The molecular weight excluding hydrogens is 170 g/mol. The molecule has 1 aromatic rings. The average molecular weight is 177 g/mol. The Bertz CT molecular complexity index is 379. The van der Waals surface area contributed by atoms with Crippen LogP contribution in [0.2, 0.25) is 0 Å². The van der Waals surface area contributed by atoms with E-state index in [9.17, 15) is 4.79 Å². The van der Waals surface area contributed by atoms with Gasteiger partial charge in [0.15, 0.2) is 12.1 Å². The summed E-state index contributed by atoms with van der Waals surface area (Å²) in [6.45, 7) is 0. The number of carbonyl (C=O) groups is 1. The lowest BCUT2D eigenvalue weighted by Crippen LogP contribution is -1.99. The summed E-state index contributed by atoms with van der Waals surface area (Å²) in [5, 5.41) is 0.